The lowest BCUT2D eigenvalue weighted by molar-refractivity contribution is 0.102. The number of aromatic hydroxyl groups is 1. The molecule has 2 aromatic carbocycles. The number of hydrogen-bond donors (Lipinski definition) is 3. The highest BCUT2D eigenvalue weighted by Gasteiger charge is 2.28. The number of carbonyl (C=O) groups is 1. The maximum Gasteiger partial charge on any atom is 0.276 e. The first-order chi connectivity index (χ1) is 17.9. The van der Waals surface area contributed by atoms with Crippen LogP contribution in [0.25, 0.3) is 16.9 Å². The van der Waals surface area contributed by atoms with Gasteiger partial charge in [0, 0.05) is 48.2 Å². The number of aromatic amines is 1. The predicted octanol–water partition coefficient (Wildman–Crippen LogP) is 4.86. The number of fused-ring (bicyclic) bond motifs is 2. The van der Waals surface area contributed by atoms with Gasteiger partial charge in [0.25, 0.3) is 5.91 Å². The summed E-state index contributed by atoms with van der Waals surface area (Å²) in [5.41, 5.74) is 5.45. The molecule has 9 nitrogen and oxygen atoms in total. The maximum absolute atomic E-state index is 13.8. The summed E-state index contributed by atoms with van der Waals surface area (Å²) in [6, 6.07) is 13.1. The molecule has 0 saturated carbocycles. The average Bonchev–Trinajstić information content (AvgIpc) is 3.61. The van der Waals surface area contributed by atoms with E-state index in [0.29, 0.717) is 41.5 Å². The van der Waals surface area contributed by atoms with Gasteiger partial charge in [0.1, 0.15) is 17.4 Å². The summed E-state index contributed by atoms with van der Waals surface area (Å²) in [6.45, 7) is 5.10. The summed E-state index contributed by atoms with van der Waals surface area (Å²) in [5, 5.41) is 24.3. The Labute approximate surface area is 211 Å². The van der Waals surface area contributed by atoms with E-state index in [1.54, 1.807) is 35.1 Å². The van der Waals surface area contributed by atoms with Gasteiger partial charge in [0.2, 0.25) is 0 Å². The lowest BCUT2D eigenvalue weighted by Crippen LogP contribution is -2.17. The Morgan fingerprint density at radius 3 is 2.73 bits per heavy atom. The Kier molecular flexibility index (Phi) is 5.36. The van der Waals surface area contributed by atoms with Crippen LogP contribution in [0.5, 0.6) is 5.75 Å². The molecule has 1 aliphatic heterocycles. The summed E-state index contributed by atoms with van der Waals surface area (Å²) in [5.74, 6) is 0.0261. The lowest BCUT2D eigenvalue weighted by atomic mass is 10.0. The Morgan fingerprint density at radius 1 is 1.14 bits per heavy atom. The zero-order valence-electron chi connectivity index (χ0n) is 20.2. The number of nitrogens with zero attached hydrogens (tertiary/aromatic N) is 5. The normalized spacial score (nSPS) is 12.9. The molecule has 3 aromatic heterocycles. The Morgan fingerprint density at radius 2 is 1.97 bits per heavy atom. The molecule has 0 spiro atoms. The van der Waals surface area contributed by atoms with E-state index in [0.717, 1.165) is 16.7 Å². The number of halogens is 1. The molecule has 0 aliphatic carbocycles. The number of rotatable bonds is 5. The Hall–Kier alpha value is -4.73. The molecule has 0 atom stereocenters. The molecule has 0 radical (unpaired) electrons. The second-order valence-corrected chi connectivity index (χ2v) is 9.41. The monoisotopic (exact) mass is 497 g/mol. The number of anilines is 2. The lowest BCUT2D eigenvalue weighted by Gasteiger charge is -2.18. The van der Waals surface area contributed by atoms with Crippen LogP contribution in [0.2, 0.25) is 0 Å². The fourth-order valence-corrected chi connectivity index (χ4v) is 4.78. The van der Waals surface area contributed by atoms with Crippen LogP contribution in [0.1, 0.15) is 46.9 Å². The highest BCUT2D eigenvalue weighted by Crippen LogP contribution is 2.34. The highest BCUT2D eigenvalue weighted by molar-refractivity contribution is 6.05. The van der Waals surface area contributed by atoms with E-state index in [4.69, 9.17) is 10.1 Å². The molecule has 1 amide bonds. The minimum Gasteiger partial charge on any atom is -0.508 e. The van der Waals surface area contributed by atoms with Gasteiger partial charge in [-0.1, -0.05) is 26.0 Å². The van der Waals surface area contributed by atoms with Crippen LogP contribution >= 0.6 is 0 Å². The molecule has 0 fully saturated rings. The average molecular weight is 498 g/mol. The molecule has 37 heavy (non-hydrogen) atoms. The number of phenolic OH excluding ortho intramolecular Hbond substituents is 1. The van der Waals surface area contributed by atoms with E-state index in [9.17, 15) is 14.3 Å². The van der Waals surface area contributed by atoms with Crippen molar-refractivity contribution in [3.05, 3.63) is 89.1 Å². The molecule has 5 aromatic rings. The van der Waals surface area contributed by atoms with Gasteiger partial charge in [-0.25, -0.2) is 13.9 Å². The summed E-state index contributed by atoms with van der Waals surface area (Å²) in [4.78, 5) is 20.4. The van der Waals surface area contributed by atoms with Crippen LogP contribution in [-0.2, 0) is 13.1 Å². The molecular weight excluding hydrogens is 473 g/mol. The van der Waals surface area contributed by atoms with Crippen LogP contribution in [0.3, 0.4) is 0 Å². The van der Waals surface area contributed by atoms with E-state index < -0.39 is 5.91 Å². The van der Waals surface area contributed by atoms with E-state index in [1.165, 1.54) is 18.2 Å². The number of carbonyl (C=O) groups excluding carboxylic acids is 1. The highest BCUT2D eigenvalue weighted by atomic mass is 19.1. The number of aromatic nitrogens is 5. The summed E-state index contributed by atoms with van der Waals surface area (Å²) < 4.78 is 15.5. The number of amides is 1. The van der Waals surface area contributed by atoms with Gasteiger partial charge in [-0.05, 0) is 41.3 Å². The number of phenols is 1. The number of nitrogens with one attached hydrogen (secondary N) is 2. The summed E-state index contributed by atoms with van der Waals surface area (Å²) in [7, 11) is 0. The van der Waals surface area contributed by atoms with Gasteiger partial charge in [-0.3, -0.25) is 9.89 Å². The predicted molar refractivity (Wildman–Crippen MR) is 137 cm³/mol. The van der Waals surface area contributed by atoms with Gasteiger partial charge in [-0.15, -0.1) is 0 Å². The van der Waals surface area contributed by atoms with Crippen molar-refractivity contribution in [1.82, 2.24) is 24.8 Å². The van der Waals surface area contributed by atoms with Gasteiger partial charge in [-0.2, -0.15) is 10.2 Å². The first kappa shape index (κ1) is 22.7. The molecule has 10 heteroatoms. The van der Waals surface area contributed by atoms with Gasteiger partial charge in [0.05, 0.1) is 11.9 Å². The first-order valence-corrected chi connectivity index (χ1v) is 11.9. The van der Waals surface area contributed by atoms with Crippen molar-refractivity contribution >= 4 is 23.1 Å². The van der Waals surface area contributed by atoms with E-state index >= 15 is 0 Å². The number of benzene rings is 2. The maximum atomic E-state index is 13.8. The standard InChI is InChI=1S/C27H24FN7O2/c1-15(2)24-25(27(37)31-20-4-3-5-21(36)9-20)33-35-22(18-11-29-30-12-18)10-23(32-26(24)35)34-13-16-6-7-19(28)8-17(16)14-34/h3-12,15,36H,13-14H2,1-2H3,(H,29,30)(H,31,37). The smallest absolute Gasteiger partial charge is 0.276 e. The Bertz CT molecular complexity index is 1640. The second-order valence-electron chi connectivity index (χ2n) is 9.41. The van der Waals surface area contributed by atoms with Crippen molar-refractivity contribution < 1.29 is 14.3 Å². The van der Waals surface area contributed by atoms with E-state index in [2.05, 4.69) is 20.4 Å². The zero-order valence-corrected chi connectivity index (χ0v) is 20.2. The molecule has 0 saturated heterocycles. The van der Waals surface area contributed by atoms with Crippen molar-refractivity contribution in [3.8, 4) is 17.0 Å². The first-order valence-electron chi connectivity index (χ1n) is 11.9. The molecule has 6 rings (SSSR count). The zero-order chi connectivity index (χ0) is 25.7. The number of hydrogen-bond acceptors (Lipinski definition) is 6. The fourth-order valence-electron chi connectivity index (χ4n) is 4.78. The molecule has 0 bridgehead atoms. The molecule has 186 valence electrons. The van der Waals surface area contributed by atoms with Crippen molar-refractivity contribution in [2.24, 2.45) is 0 Å². The molecule has 0 unspecified atom stereocenters. The minimum absolute atomic E-state index is 0.0527. The van der Waals surface area contributed by atoms with E-state index in [1.807, 2.05) is 26.0 Å². The summed E-state index contributed by atoms with van der Waals surface area (Å²) >= 11 is 0. The molecular formula is C27H24FN7O2. The third kappa shape index (κ3) is 4.06. The summed E-state index contributed by atoms with van der Waals surface area (Å²) in [6.07, 6.45) is 3.45. The van der Waals surface area contributed by atoms with Crippen molar-refractivity contribution in [3.63, 3.8) is 0 Å². The topological polar surface area (TPSA) is 111 Å². The third-order valence-corrected chi connectivity index (χ3v) is 6.52. The fraction of sp³-hybridized carbons (Fsp3) is 0.185. The van der Waals surface area contributed by atoms with Crippen molar-refractivity contribution in [2.75, 3.05) is 10.2 Å². The molecule has 4 heterocycles. The second kappa shape index (κ2) is 8.74. The van der Waals surface area contributed by atoms with Crippen molar-refractivity contribution in [1.29, 1.82) is 0 Å². The largest absolute Gasteiger partial charge is 0.508 e. The van der Waals surface area contributed by atoms with Gasteiger partial charge in [0.15, 0.2) is 11.3 Å². The van der Waals surface area contributed by atoms with Crippen LogP contribution in [0, 0.1) is 5.82 Å². The van der Waals surface area contributed by atoms with Gasteiger partial charge < -0.3 is 15.3 Å². The Balaban J connectivity index is 1.49. The number of H-pyrrole nitrogens is 1. The molecule has 1 aliphatic rings. The van der Waals surface area contributed by atoms with Crippen LogP contribution in [0.4, 0.5) is 15.9 Å². The van der Waals surface area contributed by atoms with Crippen LogP contribution < -0.4 is 10.2 Å². The van der Waals surface area contributed by atoms with Gasteiger partial charge >= 0.3 is 0 Å². The van der Waals surface area contributed by atoms with Crippen LogP contribution in [0.15, 0.2) is 60.9 Å². The third-order valence-electron chi connectivity index (χ3n) is 6.52. The minimum atomic E-state index is -0.399. The quantitative estimate of drug-likeness (QED) is 0.320. The van der Waals surface area contributed by atoms with Crippen LogP contribution in [-0.4, -0.2) is 35.8 Å². The van der Waals surface area contributed by atoms with E-state index in [-0.39, 0.29) is 23.2 Å². The molecule has 3 N–H and O–H groups in total. The van der Waals surface area contributed by atoms with Crippen molar-refractivity contribution in [2.45, 2.75) is 32.9 Å². The SMILES string of the molecule is CC(C)c1c(C(=O)Nc2cccc(O)c2)nn2c(-c3cn[nH]c3)cc(N3Cc4ccc(F)cc4C3)nc12.